The van der Waals surface area contributed by atoms with Crippen LogP contribution in [0.1, 0.15) is 5.82 Å². The second-order valence-electron chi connectivity index (χ2n) is 2.62. The summed E-state index contributed by atoms with van der Waals surface area (Å²) in [7, 11) is 0. The van der Waals surface area contributed by atoms with Crippen molar-refractivity contribution in [3.05, 3.63) is 23.4 Å². The van der Waals surface area contributed by atoms with Gasteiger partial charge in [0.2, 0.25) is 0 Å². The Hall–Kier alpha value is -1.42. The molecule has 2 rings (SSSR count). The fourth-order valence-corrected chi connectivity index (χ4v) is 1.36. The molecule has 0 saturated carbocycles. The van der Waals surface area contributed by atoms with Crippen LogP contribution in [0.5, 0.6) is 5.75 Å². The molecule has 0 aliphatic carbocycles. The van der Waals surface area contributed by atoms with E-state index in [1.807, 2.05) is 0 Å². The predicted molar refractivity (Wildman–Crippen MR) is 48.7 cm³/mol. The molecule has 0 spiro atoms. The lowest BCUT2D eigenvalue weighted by Gasteiger charge is -2.01. The molecule has 5 heteroatoms. The molecule has 0 unspecified atom stereocenters. The molecule has 1 N–H and O–H groups in total. The molecule has 0 radical (unpaired) electrons. The van der Waals surface area contributed by atoms with Gasteiger partial charge in [-0.05, 0) is 6.92 Å². The molecule has 0 aliphatic rings. The van der Waals surface area contributed by atoms with Crippen molar-refractivity contribution in [1.82, 2.24) is 15.0 Å². The maximum absolute atomic E-state index is 9.41. The van der Waals surface area contributed by atoms with Gasteiger partial charge in [-0.25, -0.2) is 9.97 Å². The molecular weight excluding hydrogens is 190 g/mol. The van der Waals surface area contributed by atoms with E-state index < -0.39 is 0 Å². The van der Waals surface area contributed by atoms with Crippen LogP contribution >= 0.6 is 11.6 Å². The first-order chi connectivity index (χ1) is 6.18. The summed E-state index contributed by atoms with van der Waals surface area (Å²) in [6.07, 6.45) is 2.85. The van der Waals surface area contributed by atoms with Gasteiger partial charge < -0.3 is 5.11 Å². The van der Waals surface area contributed by atoms with Gasteiger partial charge in [0, 0.05) is 6.20 Å². The first-order valence-electron chi connectivity index (χ1n) is 3.65. The number of aryl methyl sites for hydroxylation is 1. The predicted octanol–water partition coefficient (Wildman–Crippen LogP) is 1.69. The minimum atomic E-state index is 0.0184. The van der Waals surface area contributed by atoms with Crippen molar-refractivity contribution in [2.75, 3.05) is 0 Å². The van der Waals surface area contributed by atoms with E-state index in [2.05, 4.69) is 15.0 Å². The number of rotatable bonds is 0. The Balaban J connectivity index is 2.94. The Morgan fingerprint density at radius 3 is 2.85 bits per heavy atom. The fraction of sp³-hybridized carbons (Fsp3) is 0.125. The maximum atomic E-state index is 9.41. The molecule has 0 aliphatic heterocycles. The highest BCUT2D eigenvalue weighted by Crippen LogP contribution is 2.25. The van der Waals surface area contributed by atoms with Gasteiger partial charge in [0.25, 0.3) is 0 Å². The molecule has 0 fully saturated rings. The molecule has 2 aromatic heterocycles. The van der Waals surface area contributed by atoms with Crippen LogP contribution in [-0.4, -0.2) is 20.1 Å². The average Bonchev–Trinajstić information content (AvgIpc) is 2.07. The fourth-order valence-electron chi connectivity index (χ4n) is 1.10. The summed E-state index contributed by atoms with van der Waals surface area (Å²) in [5.41, 5.74) is 0.438. The molecule has 13 heavy (non-hydrogen) atoms. The number of pyridine rings is 1. The Bertz CT molecular complexity index is 472. The van der Waals surface area contributed by atoms with E-state index in [4.69, 9.17) is 11.6 Å². The van der Waals surface area contributed by atoms with Crippen molar-refractivity contribution >= 4 is 22.5 Å². The zero-order valence-electron chi connectivity index (χ0n) is 6.82. The number of fused-ring (bicyclic) bond motifs is 1. The van der Waals surface area contributed by atoms with Gasteiger partial charge in [-0.3, -0.25) is 4.98 Å². The van der Waals surface area contributed by atoms with Crippen LogP contribution < -0.4 is 0 Å². The molecule has 0 saturated heterocycles. The summed E-state index contributed by atoms with van der Waals surface area (Å²) < 4.78 is 0. The Kier molecular flexibility index (Phi) is 1.77. The van der Waals surface area contributed by atoms with Crippen molar-refractivity contribution in [2.24, 2.45) is 0 Å². The summed E-state index contributed by atoms with van der Waals surface area (Å²) >= 11 is 5.83. The van der Waals surface area contributed by atoms with Crippen LogP contribution in [0, 0.1) is 6.92 Å². The van der Waals surface area contributed by atoms with Gasteiger partial charge in [0.05, 0.1) is 11.6 Å². The standard InChI is InChI=1S/C8H6ClN3O/c1-4-11-7-5(8(9)12-4)2-10-3-6(7)13/h2-3,13H,1H3. The van der Waals surface area contributed by atoms with Gasteiger partial charge in [0.1, 0.15) is 16.5 Å². The first-order valence-corrected chi connectivity index (χ1v) is 4.03. The molecule has 2 heterocycles. The Morgan fingerprint density at radius 2 is 2.08 bits per heavy atom. The smallest absolute Gasteiger partial charge is 0.160 e. The lowest BCUT2D eigenvalue weighted by atomic mass is 10.3. The molecule has 2 aromatic rings. The van der Waals surface area contributed by atoms with Crippen molar-refractivity contribution in [3.8, 4) is 5.75 Å². The Morgan fingerprint density at radius 1 is 1.31 bits per heavy atom. The van der Waals surface area contributed by atoms with Crippen LogP contribution in [0.2, 0.25) is 5.15 Å². The minimum absolute atomic E-state index is 0.0184. The SMILES string of the molecule is Cc1nc(Cl)c2cncc(O)c2n1. The first kappa shape index (κ1) is 8.19. The Labute approximate surface area is 79.2 Å². The van der Waals surface area contributed by atoms with Crippen LogP contribution in [-0.2, 0) is 0 Å². The van der Waals surface area contributed by atoms with Crippen molar-refractivity contribution in [1.29, 1.82) is 0 Å². The summed E-state index contributed by atoms with van der Waals surface area (Å²) in [4.78, 5) is 11.8. The van der Waals surface area contributed by atoms with Crippen LogP contribution in [0.3, 0.4) is 0 Å². The van der Waals surface area contributed by atoms with E-state index in [0.29, 0.717) is 21.9 Å². The van der Waals surface area contributed by atoms with Gasteiger partial charge in [-0.2, -0.15) is 0 Å². The highest BCUT2D eigenvalue weighted by Gasteiger charge is 2.06. The molecular formula is C8H6ClN3O. The normalized spacial score (nSPS) is 10.6. The van der Waals surface area contributed by atoms with Crippen LogP contribution in [0.25, 0.3) is 10.9 Å². The van der Waals surface area contributed by atoms with Crippen LogP contribution in [0.4, 0.5) is 0 Å². The number of halogens is 1. The molecule has 0 aromatic carbocycles. The highest BCUT2D eigenvalue weighted by atomic mass is 35.5. The van der Waals surface area contributed by atoms with Crippen LogP contribution in [0.15, 0.2) is 12.4 Å². The molecule has 66 valence electrons. The summed E-state index contributed by atoms with van der Waals surface area (Å²) in [6.45, 7) is 1.71. The van der Waals surface area contributed by atoms with Crippen molar-refractivity contribution in [3.63, 3.8) is 0 Å². The summed E-state index contributed by atoms with van der Waals surface area (Å²) in [5.74, 6) is 0.545. The number of hydrogen-bond donors (Lipinski definition) is 1. The number of nitrogens with zero attached hydrogens (tertiary/aromatic N) is 3. The third-order valence-electron chi connectivity index (χ3n) is 1.65. The summed E-state index contributed by atoms with van der Waals surface area (Å²) in [6, 6.07) is 0. The topological polar surface area (TPSA) is 58.9 Å². The van der Waals surface area contributed by atoms with Gasteiger partial charge in [-0.15, -0.1) is 0 Å². The quantitative estimate of drug-likeness (QED) is 0.650. The van der Waals surface area contributed by atoms with E-state index in [1.165, 1.54) is 12.4 Å². The average molecular weight is 196 g/mol. The molecule has 0 amide bonds. The second-order valence-corrected chi connectivity index (χ2v) is 2.97. The summed E-state index contributed by atoms with van der Waals surface area (Å²) in [5, 5.41) is 10.3. The monoisotopic (exact) mass is 195 g/mol. The molecule has 0 bridgehead atoms. The second kappa shape index (κ2) is 2.81. The van der Waals surface area contributed by atoms with E-state index >= 15 is 0 Å². The van der Waals surface area contributed by atoms with E-state index in [9.17, 15) is 5.11 Å². The van der Waals surface area contributed by atoms with Gasteiger partial charge >= 0.3 is 0 Å². The number of aromatic nitrogens is 3. The third-order valence-corrected chi connectivity index (χ3v) is 1.94. The van der Waals surface area contributed by atoms with Crippen molar-refractivity contribution in [2.45, 2.75) is 6.92 Å². The lowest BCUT2D eigenvalue weighted by molar-refractivity contribution is 0.477. The van der Waals surface area contributed by atoms with Gasteiger partial charge in [0.15, 0.2) is 5.75 Å². The van der Waals surface area contributed by atoms with Gasteiger partial charge in [-0.1, -0.05) is 11.6 Å². The maximum Gasteiger partial charge on any atom is 0.160 e. The van der Waals surface area contributed by atoms with E-state index in [1.54, 1.807) is 6.92 Å². The van der Waals surface area contributed by atoms with E-state index in [0.717, 1.165) is 0 Å². The zero-order chi connectivity index (χ0) is 9.42. The number of aromatic hydroxyl groups is 1. The molecule has 0 atom stereocenters. The number of hydrogen-bond acceptors (Lipinski definition) is 4. The molecule has 4 nitrogen and oxygen atoms in total. The van der Waals surface area contributed by atoms with E-state index in [-0.39, 0.29) is 5.75 Å². The minimum Gasteiger partial charge on any atom is -0.504 e. The zero-order valence-corrected chi connectivity index (χ0v) is 7.58. The van der Waals surface area contributed by atoms with Crippen molar-refractivity contribution < 1.29 is 5.11 Å². The third kappa shape index (κ3) is 1.29. The highest BCUT2D eigenvalue weighted by molar-refractivity contribution is 6.34. The lowest BCUT2D eigenvalue weighted by Crippen LogP contribution is -1.91. The largest absolute Gasteiger partial charge is 0.504 e.